The predicted molar refractivity (Wildman–Crippen MR) is 76.3 cm³/mol. The number of carbonyl (C=O) groups is 1. The van der Waals surface area contributed by atoms with E-state index in [1.54, 1.807) is 30.5 Å². The molecule has 7 heteroatoms. The van der Waals surface area contributed by atoms with Crippen LogP contribution in [0.2, 0.25) is 10.2 Å². The molecule has 2 heterocycles. The Balaban J connectivity index is 1.81. The fourth-order valence-corrected chi connectivity index (χ4v) is 1.82. The molecule has 2 rings (SSSR count). The molecule has 0 unspecified atom stereocenters. The molecule has 0 aliphatic carbocycles. The van der Waals surface area contributed by atoms with Crippen molar-refractivity contribution in [3.8, 4) is 5.88 Å². The molecule has 0 bridgehead atoms. The van der Waals surface area contributed by atoms with Crippen LogP contribution in [0.4, 0.5) is 0 Å². The summed E-state index contributed by atoms with van der Waals surface area (Å²) in [4.78, 5) is 19.6. The lowest BCUT2D eigenvalue weighted by Crippen LogP contribution is -2.28. The Morgan fingerprint density at radius 3 is 2.70 bits per heavy atom. The minimum atomic E-state index is -0.307. The maximum atomic E-state index is 11.8. The summed E-state index contributed by atoms with van der Waals surface area (Å²) in [6, 6.07) is 6.63. The quantitative estimate of drug-likeness (QED) is 0.681. The molecular formula is C13H11Cl2N3O2. The summed E-state index contributed by atoms with van der Waals surface area (Å²) in [7, 11) is 0. The van der Waals surface area contributed by atoms with E-state index in [4.69, 9.17) is 27.9 Å². The Bertz CT molecular complexity index is 608. The van der Waals surface area contributed by atoms with Gasteiger partial charge in [-0.2, -0.15) is 0 Å². The molecule has 20 heavy (non-hydrogen) atoms. The van der Waals surface area contributed by atoms with Gasteiger partial charge in [0.15, 0.2) is 0 Å². The molecule has 104 valence electrons. The van der Waals surface area contributed by atoms with Crippen LogP contribution in [-0.4, -0.2) is 29.0 Å². The number of nitrogens with one attached hydrogen (secondary N) is 1. The number of halogens is 2. The molecular weight excluding hydrogens is 301 g/mol. The second-order valence-electron chi connectivity index (χ2n) is 3.74. The van der Waals surface area contributed by atoms with E-state index in [1.807, 2.05) is 0 Å². The summed E-state index contributed by atoms with van der Waals surface area (Å²) in [6.07, 6.45) is 3.10. The first-order chi connectivity index (χ1) is 9.68. The first-order valence-corrected chi connectivity index (χ1v) is 6.56. The van der Waals surface area contributed by atoms with E-state index in [0.717, 1.165) is 0 Å². The third kappa shape index (κ3) is 3.82. The molecule has 1 amide bonds. The number of hydrogen-bond donors (Lipinski definition) is 1. The minimum Gasteiger partial charge on any atom is -0.475 e. The lowest BCUT2D eigenvalue weighted by atomic mass is 10.3. The summed E-state index contributed by atoms with van der Waals surface area (Å²) < 4.78 is 5.35. The van der Waals surface area contributed by atoms with E-state index in [2.05, 4.69) is 15.3 Å². The lowest BCUT2D eigenvalue weighted by Gasteiger charge is -2.08. The van der Waals surface area contributed by atoms with Crippen molar-refractivity contribution in [1.82, 2.24) is 15.3 Å². The van der Waals surface area contributed by atoms with Gasteiger partial charge in [0.25, 0.3) is 5.91 Å². The second-order valence-corrected chi connectivity index (χ2v) is 4.50. The van der Waals surface area contributed by atoms with Gasteiger partial charge in [-0.3, -0.25) is 4.79 Å². The zero-order valence-corrected chi connectivity index (χ0v) is 11.9. The van der Waals surface area contributed by atoms with Crippen LogP contribution < -0.4 is 10.1 Å². The fourth-order valence-electron chi connectivity index (χ4n) is 1.44. The summed E-state index contributed by atoms with van der Waals surface area (Å²) in [5.41, 5.74) is 0.324. The average molecular weight is 312 g/mol. The van der Waals surface area contributed by atoms with Gasteiger partial charge in [0.05, 0.1) is 12.1 Å². The van der Waals surface area contributed by atoms with Gasteiger partial charge in [-0.05, 0) is 24.3 Å². The second kappa shape index (κ2) is 7.07. The standard InChI is InChI=1S/C13H11Cl2N3O2/c14-10-4-2-6-18-13(10)20-8-7-17-12(19)9-3-1-5-16-11(9)15/h1-6H,7-8H2,(H,17,19). The van der Waals surface area contributed by atoms with Crippen LogP contribution in [-0.2, 0) is 0 Å². The Hall–Kier alpha value is -1.85. The zero-order valence-electron chi connectivity index (χ0n) is 10.3. The molecule has 0 fully saturated rings. The van der Waals surface area contributed by atoms with Crippen molar-refractivity contribution >= 4 is 29.1 Å². The van der Waals surface area contributed by atoms with Gasteiger partial charge in [0, 0.05) is 12.4 Å². The van der Waals surface area contributed by atoms with Crippen LogP contribution >= 0.6 is 23.2 Å². The van der Waals surface area contributed by atoms with Crippen molar-refractivity contribution in [2.75, 3.05) is 13.2 Å². The molecule has 1 N–H and O–H groups in total. The summed E-state index contributed by atoms with van der Waals surface area (Å²) in [6.45, 7) is 0.553. The van der Waals surface area contributed by atoms with Gasteiger partial charge in [-0.25, -0.2) is 9.97 Å². The summed E-state index contributed by atoms with van der Waals surface area (Å²) in [5.74, 6) is 0.0293. The van der Waals surface area contributed by atoms with Crippen molar-refractivity contribution in [3.63, 3.8) is 0 Å². The first kappa shape index (κ1) is 14.6. The van der Waals surface area contributed by atoms with Gasteiger partial charge in [0.2, 0.25) is 5.88 Å². The minimum absolute atomic E-state index is 0.165. The molecule has 0 radical (unpaired) electrons. The Labute approximate surface area is 125 Å². The number of amides is 1. The van der Waals surface area contributed by atoms with Gasteiger partial charge in [-0.1, -0.05) is 23.2 Å². The summed E-state index contributed by atoms with van der Waals surface area (Å²) in [5, 5.41) is 3.26. The van der Waals surface area contributed by atoms with Crippen LogP contribution in [0.3, 0.4) is 0 Å². The molecule has 0 saturated heterocycles. The third-order valence-electron chi connectivity index (χ3n) is 2.35. The van der Waals surface area contributed by atoms with Crippen molar-refractivity contribution in [3.05, 3.63) is 52.4 Å². The number of nitrogens with zero attached hydrogens (tertiary/aromatic N) is 2. The molecule has 2 aromatic heterocycles. The number of ether oxygens (including phenoxy) is 1. The average Bonchev–Trinajstić information content (AvgIpc) is 2.45. The van der Waals surface area contributed by atoms with E-state index >= 15 is 0 Å². The maximum absolute atomic E-state index is 11.8. The highest BCUT2D eigenvalue weighted by atomic mass is 35.5. The van der Waals surface area contributed by atoms with E-state index < -0.39 is 0 Å². The molecule has 0 saturated carbocycles. The van der Waals surface area contributed by atoms with Crippen molar-refractivity contribution < 1.29 is 9.53 Å². The predicted octanol–water partition coefficient (Wildman–Crippen LogP) is 2.59. The smallest absolute Gasteiger partial charge is 0.254 e. The SMILES string of the molecule is O=C(NCCOc1ncccc1Cl)c1cccnc1Cl. The maximum Gasteiger partial charge on any atom is 0.254 e. The normalized spacial score (nSPS) is 10.1. The molecule has 0 spiro atoms. The Morgan fingerprint density at radius 1 is 1.20 bits per heavy atom. The third-order valence-corrected chi connectivity index (χ3v) is 2.94. The monoisotopic (exact) mass is 311 g/mol. The molecule has 0 aromatic carbocycles. The molecule has 5 nitrogen and oxygen atoms in total. The number of pyridine rings is 2. The van der Waals surface area contributed by atoms with E-state index in [-0.39, 0.29) is 17.7 Å². The van der Waals surface area contributed by atoms with Gasteiger partial charge in [0.1, 0.15) is 16.8 Å². The number of carbonyl (C=O) groups excluding carboxylic acids is 1. The largest absolute Gasteiger partial charge is 0.475 e. The van der Waals surface area contributed by atoms with Crippen molar-refractivity contribution in [2.45, 2.75) is 0 Å². The first-order valence-electron chi connectivity index (χ1n) is 5.80. The van der Waals surface area contributed by atoms with Crippen molar-refractivity contribution in [1.29, 1.82) is 0 Å². The highest BCUT2D eigenvalue weighted by Crippen LogP contribution is 2.19. The lowest BCUT2D eigenvalue weighted by molar-refractivity contribution is 0.0946. The van der Waals surface area contributed by atoms with E-state index in [9.17, 15) is 4.79 Å². The molecule has 0 aliphatic heterocycles. The van der Waals surface area contributed by atoms with Gasteiger partial charge < -0.3 is 10.1 Å². The highest BCUT2D eigenvalue weighted by Gasteiger charge is 2.10. The molecule has 2 aromatic rings. The number of aromatic nitrogens is 2. The Morgan fingerprint density at radius 2 is 1.95 bits per heavy atom. The molecule has 0 atom stereocenters. The van der Waals surface area contributed by atoms with Crippen LogP contribution in [0.1, 0.15) is 10.4 Å². The van der Waals surface area contributed by atoms with Crippen LogP contribution in [0.5, 0.6) is 5.88 Å². The van der Waals surface area contributed by atoms with E-state index in [1.165, 1.54) is 6.20 Å². The van der Waals surface area contributed by atoms with Gasteiger partial charge >= 0.3 is 0 Å². The summed E-state index contributed by atoms with van der Waals surface area (Å²) >= 11 is 11.7. The highest BCUT2D eigenvalue weighted by molar-refractivity contribution is 6.32. The zero-order chi connectivity index (χ0) is 14.4. The molecule has 0 aliphatic rings. The Kier molecular flexibility index (Phi) is 5.15. The van der Waals surface area contributed by atoms with Gasteiger partial charge in [-0.15, -0.1) is 0 Å². The number of rotatable bonds is 5. The van der Waals surface area contributed by atoms with Crippen LogP contribution in [0, 0.1) is 0 Å². The fraction of sp³-hybridized carbons (Fsp3) is 0.154. The topological polar surface area (TPSA) is 64.1 Å². The van der Waals surface area contributed by atoms with E-state index in [0.29, 0.717) is 23.0 Å². The van der Waals surface area contributed by atoms with Crippen LogP contribution in [0.25, 0.3) is 0 Å². The number of hydrogen-bond acceptors (Lipinski definition) is 4. The van der Waals surface area contributed by atoms with Crippen molar-refractivity contribution in [2.24, 2.45) is 0 Å². The van der Waals surface area contributed by atoms with Crippen LogP contribution in [0.15, 0.2) is 36.7 Å².